The van der Waals surface area contributed by atoms with Gasteiger partial charge in [0.05, 0.1) is 12.7 Å². The average molecular weight is 229 g/mol. The zero-order valence-corrected chi connectivity index (χ0v) is 8.97. The van der Waals surface area contributed by atoms with Crippen LogP contribution in [-0.4, -0.2) is 6.10 Å². The first kappa shape index (κ1) is 9.75. The predicted molar refractivity (Wildman–Crippen MR) is 54.1 cm³/mol. The lowest BCUT2D eigenvalue weighted by molar-refractivity contribution is 0.0657. The van der Waals surface area contributed by atoms with Gasteiger partial charge in [-0.1, -0.05) is 28.1 Å². The Balaban J connectivity index is 2.52. The summed E-state index contributed by atoms with van der Waals surface area (Å²) in [5, 5.41) is 0. The summed E-state index contributed by atoms with van der Waals surface area (Å²) >= 11 is 3.41. The molecule has 0 unspecified atom stereocenters. The first-order chi connectivity index (χ1) is 5.68. The maximum Gasteiger partial charge on any atom is 0.0720 e. The summed E-state index contributed by atoms with van der Waals surface area (Å²) in [6, 6.07) is 8.16. The standard InChI is InChI=1S/C10H13BrO/c1-8(2)12-7-9-4-3-5-10(11)6-9/h3-6,8H,7H2,1-2H3. The van der Waals surface area contributed by atoms with Crippen LogP contribution in [0.1, 0.15) is 19.4 Å². The van der Waals surface area contributed by atoms with Crippen LogP contribution in [0, 0.1) is 0 Å². The van der Waals surface area contributed by atoms with Gasteiger partial charge in [0, 0.05) is 4.47 Å². The number of ether oxygens (including phenoxy) is 1. The molecule has 0 aliphatic rings. The van der Waals surface area contributed by atoms with Crippen molar-refractivity contribution in [2.75, 3.05) is 0 Å². The van der Waals surface area contributed by atoms with Crippen LogP contribution in [0.4, 0.5) is 0 Å². The third-order valence-electron chi connectivity index (χ3n) is 1.47. The van der Waals surface area contributed by atoms with Crippen LogP contribution < -0.4 is 0 Å². The van der Waals surface area contributed by atoms with Gasteiger partial charge in [0.1, 0.15) is 0 Å². The first-order valence-corrected chi connectivity index (χ1v) is 4.84. The van der Waals surface area contributed by atoms with Crippen LogP contribution in [0.15, 0.2) is 28.7 Å². The summed E-state index contributed by atoms with van der Waals surface area (Å²) in [6.07, 6.45) is 0.295. The van der Waals surface area contributed by atoms with Crippen LogP contribution in [0.2, 0.25) is 0 Å². The molecule has 0 amide bonds. The first-order valence-electron chi connectivity index (χ1n) is 4.04. The molecule has 1 rings (SSSR count). The number of benzene rings is 1. The van der Waals surface area contributed by atoms with Crippen molar-refractivity contribution in [3.63, 3.8) is 0 Å². The molecular weight excluding hydrogens is 216 g/mol. The van der Waals surface area contributed by atoms with Gasteiger partial charge in [-0.3, -0.25) is 0 Å². The number of halogens is 1. The third-order valence-corrected chi connectivity index (χ3v) is 1.97. The van der Waals surface area contributed by atoms with Crippen LogP contribution in [0.5, 0.6) is 0 Å². The highest BCUT2D eigenvalue weighted by Crippen LogP contribution is 2.12. The monoisotopic (exact) mass is 228 g/mol. The van der Waals surface area contributed by atoms with Crippen LogP contribution in [-0.2, 0) is 11.3 Å². The molecule has 1 aromatic carbocycles. The van der Waals surface area contributed by atoms with Gasteiger partial charge in [-0.2, -0.15) is 0 Å². The Kier molecular flexibility index (Phi) is 3.76. The van der Waals surface area contributed by atoms with E-state index < -0.39 is 0 Å². The van der Waals surface area contributed by atoms with E-state index in [-0.39, 0.29) is 0 Å². The van der Waals surface area contributed by atoms with Crippen LogP contribution in [0.25, 0.3) is 0 Å². The van der Waals surface area contributed by atoms with E-state index in [1.54, 1.807) is 0 Å². The lowest BCUT2D eigenvalue weighted by Gasteiger charge is -2.07. The zero-order valence-electron chi connectivity index (χ0n) is 7.38. The molecule has 66 valence electrons. The Labute approximate surface area is 81.9 Å². The molecule has 0 aromatic heterocycles. The minimum Gasteiger partial charge on any atom is -0.374 e. The van der Waals surface area contributed by atoms with Crippen LogP contribution >= 0.6 is 15.9 Å². The Hall–Kier alpha value is -0.340. The maximum atomic E-state index is 5.46. The highest BCUT2D eigenvalue weighted by molar-refractivity contribution is 9.10. The molecule has 0 aliphatic heterocycles. The SMILES string of the molecule is CC(C)OCc1cccc(Br)c1. The summed E-state index contributed by atoms with van der Waals surface area (Å²) in [5.74, 6) is 0. The average Bonchev–Trinajstić information content (AvgIpc) is 2.01. The predicted octanol–water partition coefficient (Wildman–Crippen LogP) is 3.37. The Morgan fingerprint density at radius 1 is 1.42 bits per heavy atom. The van der Waals surface area contributed by atoms with E-state index in [9.17, 15) is 0 Å². The molecule has 1 nitrogen and oxygen atoms in total. The highest BCUT2D eigenvalue weighted by atomic mass is 79.9. The molecule has 2 heteroatoms. The Bertz CT molecular complexity index is 245. The van der Waals surface area contributed by atoms with Crippen molar-refractivity contribution >= 4 is 15.9 Å². The minimum atomic E-state index is 0.295. The molecule has 12 heavy (non-hydrogen) atoms. The molecule has 0 aliphatic carbocycles. The minimum absolute atomic E-state index is 0.295. The van der Waals surface area contributed by atoms with Crippen molar-refractivity contribution in [3.05, 3.63) is 34.3 Å². The molecule has 0 spiro atoms. The van der Waals surface area contributed by atoms with E-state index in [0.29, 0.717) is 12.7 Å². The number of hydrogen-bond acceptors (Lipinski definition) is 1. The van der Waals surface area contributed by atoms with Crippen molar-refractivity contribution in [1.29, 1.82) is 0 Å². The van der Waals surface area contributed by atoms with Crippen molar-refractivity contribution < 1.29 is 4.74 Å². The molecule has 1 aromatic rings. The summed E-state index contributed by atoms with van der Waals surface area (Å²) < 4.78 is 6.57. The third kappa shape index (κ3) is 3.37. The lowest BCUT2D eigenvalue weighted by atomic mass is 10.2. The quantitative estimate of drug-likeness (QED) is 0.772. The van der Waals surface area contributed by atoms with Gasteiger partial charge in [0.15, 0.2) is 0 Å². The molecule has 0 heterocycles. The van der Waals surface area contributed by atoms with Gasteiger partial charge in [0.2, 0.25) is 0 Å². The van der Waals surface area contributed by atoms with Crippen molar-refractivity contribution in [2.24, 2.45) is 0 Å². The van der Waals surface area contributed by atoms with Gasteiger partial charge < -0.3 is 4.74 Å². The molecule has 0 saturated carbocycles. The summed E-state index contributed by atoms with van der Waals surface area (Å²) in [6.45, 7) is 4.77. The smallest absolute Gasteiger partial charge is 0.0720 e. The molecular formula is C10H13BrO. The lowest BCUT2D eigenvalue weighted by Crippen LogP contribution is -2.01. The van der Waals surface area contributed by atoms with E-state index in [0.717, 1.165) is 4.47 Å². The van der Waals surface area contributed by atoms with Crippen molar-refractivity contribution in [1.82, 2.24) is 0 Å². The maximum absolute atomic E-state index is 5.46. The molecule has 0 radical (unpaired) electrons. The summed E-state index contributed by atoms with van der Waals surface area (Å²) in [7, 11) is 0. The fourth-order valence-electron chi connectivity index (χ4n) is 0.890. The molecule has 0 atom stereocenters. The Morgan fingerprint density at radius 2 is 2.17 bits per heavy atom. The fourth-order valence-corrected chi connectivity index (χ4v) is 1.34. The van der Waals surface area contributed by atoms with E-state index in [2.05, 4.69) is 28.1 Å². The van der Waals surface area contributed by atoms with Gasteiger partial charge in [-0.25, -0.2) is 0 Å². The Morgan fingerprint density at radius 3 is 2.75 bits per heavy atom. The highest BCUT2D eigenvalue weighted by Gasteiger charge is 1.96. The largest absolute Gasteiger partial charge is 0.374 e. The summed E-state index contributed by atoms with van der Waals surface area (Å²) in [5.41, 5.74) is 1.21. The van der Waals surface area contributed by atoms with E-state index >= 15 is 0 Å². The second-order valence-corrected chi connectivity index (χ2v) is 3.91. The molecule has 0 saturated heterocycles. The topological polar surface area (TPSA) is 9.23 Å². The fraction of sp³-hybridized carbons (Fsp3) is 0.400. The van der Waals surface area contributed by atoms with E-state index in [4.69, 9.17) is 4.74 Å². The van der Waals surface area contributed by atoms with Crippen LogP contribution in [0.3, 0.4) is 0 Å². The van der Waals surface area contributed by atoms with Crippen molar-refractivity contribution in [3.8, 4) is 0 Å². The number of rotatable bonds is 3. The second-order valence-electron chi connectivity index (χ2n) is 2.99. The molecule has 0 N–H and O–H groups in total. The summed E-state index contributed by atoms with van der Waals surface area (Å²) in [4.78, 5) is 0. The van der Waals surface area contributed by atoms with Crippen molar-refractivity contribution in [2.45, 2.75) is 26.6 Å². The van der Waals surface area contributed by atoms with Gasteiger partial charge in [-0.15, -0.1) is 0 Å². The normalized spacial score (nSPS) is 10.7. The van der Waals surface area contributed by atoms with Gasteiger partial charge in [0.25, 0.3) is 0 Å². The zero-order chi connectivity index (χ0) is 8.97. The van der Waals surface area contributed by atoms with E-state index in [1.165, 1.54) is 5.56 Å². The van der Waals surface area contributed by atoms with Gasteiger partial charge in [-0.05, 0) is 31.5 Å². The van der Waals surface area contributed by atoms with E-state index in [1.807, 2.05) is 26.0 Å². The molecule has 0 bridgehead atoms. The molecule has 0 fully saturated rings. The van der Waals surface area contributed by atoms with Gasteiger partial charge >= 0.3 is 0 Å². The number of hydrogen-bond donors (Lipinski definition) is 0. The second kappa shape index (κ2) is 4.63.